The van der Waals surface area contributed by atoms with E-state index in [4.69, 9.17) is 4.74 Å². The number of imidazole rings is 1. The van der Waals surface area contributed by atoms with Gasteiger partial charge in [0, 0.05) is 18.9 Å². The summed E-state index contributed by atoms with van der Waals surface area (Å²) in [7, 11) is 1.54. The molecule has 1 N–H and O–H groups in total. The SMILES string of the molecule is Cc1cn(-c2ccc(Nc3ncc4c(n3)N(C)C(c3cc(F)ccc3C(F)(F)F)CO4)cc2F)cn1. The summed E-state index contributed by atoms with van der Waals surface area (Å²) in [6.07, 6.45) is -0.115. The zero-order valence-electron chi connectivity index (χ0n) is 19.0. The van der Waals surface area contributed by atoms with Gasteiger partial charge >= 0.3 is 6.18 Å². The molecule has 2 aromatic carbocycles. The number of rotatable bonds is 4. The molecule has 0 fully saturated rings. The summed E-state index contributed by atoms with van der Waals surface area (Å²) in [5.41, 5.74) is 0.178. The van der Waals surface area contributed by atoms with Crippen LogP contribution in [0, 0.1) is 18.6 Å². The van der Waals surface area contributed by atoms with Crippen LogP contribution >= 0.6 is 0 Å². The minimum Gasteiger partial charge on any atom is -0.486 e. The largest absolute Gasteiger partial charge is 0.486 e. The number of benzene rings is 2. The second-order valence-corrected chi connectivity index (χ2v) is 8.26. The highest BCUT2D eigenvalue weighted by molar-refractivity contribution is 5.62. The topological polar surface area (TPSA) is 68.1 Å². The van der Waals surface area contributed by atoms with Crippen molar-refractivity contribution in [2.75, 3.05) is 23.9 Å². The number of aryl methyl sites for hydroxylation is 1. The van der Waals surface area contributed by atoms with Gasteiger partial charge in [0.1, 0.15) is 18.2 Å². The first-order chi connectivity index (χ1) is 17.1. The molecule has 36 heavy (non-hydrogen) atoms. The average molecular weight is 502 g/mol. The summed E-state index contributed by atoms with van der Waals surface area (Å²) in [5.74, 6) is -0.778. The Morgan fingerprint density at radius 2 is 1.89 bits per heavy atom. The van der Waals surface area contributed by atoms with E-state index >= 15 is 0 Å². The van der Waals surface area contributed by atoms with Gasteiger partial charge in [-0.25, -0.2) is 18.7 Å². The van der Waals surface area contributed by atoms with E-state index < -0.39 is 29.4 Å². The number of fused-ring (bicyclic) bond motifs is 1. The summed E-state index contributed by atoms with van der Waals surface area (Å²) in [6, 6.07) is 5.83. The highest BCUT2D eigenvalue weighted by Gasteiger charge is 2.38. The number of nitrogens with zero attached hydrogens (tertiary/aromatic N) is 5. The van der Waals surface area contributed by atoms with Crippen LogP contribution < -0.4 is 15.0 Å². The fraction of sp³-hybridized carbons (Fsp3) is 0.208. The third-order valence-corrected chi connectivity index (χ3v) is 5.81. The van der Waals surface area contributed by atoms with Gasteiger partial charge < -0.3 is 19.5 Å². The van der Waals surface area contributed by atoms with Crippen molar-refractivity contribution in [2.24, 2.45) is 0 Å². The lowest BCUT2D eigenvalue weighted by Gasteiger charge is -2.36. The van der Waals surface area contributed by atoms with Crippen LogP contribution in [0.15, 0.2) is 55.1 Å². The molecule has 0 amide bonds. The summed E-state index contributed by atoms with van der Waals surface area (Å²) in [5, 5.41) is 2.89. The number of likely N-dealkylation sites (N-methyl/N-ethyl adjacent to an activating group) is 1. The van der Waals surface area contributed by atoms with Crippen molar-refractivity contribution in [3.05, 3.63) is 83.6 Å². The molecule has 5 rings (SSSR count). The van der Waals surface area contributed by atoms with E-state index in [2.05, 4.69) is 20.3 Å². The summed E-state index contributed by atoms with van der Waals surface area (Å²) < 4.78 is 76.5. The van der Waals surface area contributed by atoms with Crippen LogP contribution in [0.4, 0.5) is 39.4 Å². The van der Waals surface area contributed by atoms with Crippen LogP contribution in [0.5, 0.6) is 5.75 Å². The molecule has 1 aliphatic rings. The lowest BCUT2D eigenvalue weighted by atomic mass is 9.98. The van der Waals surface area contributed by atoms with Gasteiger partial charge in [-0.05, 0) is 48.9 Å². The summed E-state index contributed by atoms with van der Waals surface area (Å²) in [4.78, 5) is 14.1. The predicted octanol–water partition coefficient (Wildman–Crippen LogP) is 5.58. The van der Waals surface area contributed by atoms with Gasteiger partial charge in [0.25, 0.3) is 0 Å². The lowest BCUT2D eigenvalue weighted by molar-refractivity contribution is -0.138. The van der Waals surface area contributed by atoms with E-state index in [1.165, 1.54) is 30.5 Å². The molecule has 0 aliphatic carbocycles. The Labute approximate surface area is 202 Å². The quantitative estimate of drug-likeness (QED) is 0.368. The third-order valence-electron chi connectivity index (χ3n) is 5.81. The van der Waals surface area contributed by atoms with E-state index in [0.29, 0.717) is 17.4 Å². The number of nitrogens with one attached hydrogen (secondary N) is 1. The highest BCUT2D eigenvalue weighted by atomic mass is 19.4. The molecule has 0 saturated heterocycles. The van der Waals surface area contributed by atoms with Gasteiger partial charge in [-0.3, -0.25) is 0 Å². The molecule has 1 aliphatic heterocycles. The van der Waals surface area contributed by atoms with Crippen molar-refractivity contribution in [1.29, 1.82) is 0 Å². The fourth-order valence-corrected chi connectivity index (χ4v) is 4.05. The van der Waals surface area contributed by atoms with Crippen LogP contribution in [0.3, 0.4) is 0 Å². The van der Waals surface area contributed by atoms with Crippen molar-refractivity contribution in [3.63, 3.8) is 0 Å². The Balaban J connectivity index is 1.42. The molecule has 186 valence electrons. The predicted molar refractivity (Wildman–Crippen MR) is 122 cm³/mol. The number of halogens is 5. The monoisotopic (exact) mass is 502 g/mol. The Bertz CT molecular complexity index is 1440. The molecular weight excluding hydrogens is 483 g/mol. The first-order valence-corrected chi connectivity index (χ1v) is 10.8. The molecule has 4 aromatic rings. The number of hydrogen-bond acceptors (Lipinski definition) is 6. The van der Waals surface area contributed by atoms with E-state index in [0.717, 1.165) is 17.8 Å². The Kier molecular flexibility index (Phi) is 5.73. The number of alkyl halides is 3. The van der Waals surface area contributed by atoms with Gasteiger partial charge in [-0.15, -0.1) is 0 Å². The Morgan fingerprint density at radius 1 is 1.08 bits per heavy atom. The Hall–Kier alpha value is -4.22. The number of aromatic nitrogens is 4. The summed E-state index contributed by atoms with van der Waals surface area (Å²) >= 11 is 0. The number of anilines is 3. The zero-order valence-corrected chi connectivity index (χ0v) is 19.0. The zero-order chi connectivity index (χ0) is 25.6. The van der Waals surface area contributed by atoms with Gasteiger partial charge in [-0.2, -0.15) is 18.2 Å². The smallest absolute Gasteiger partial charge is 0.416 e. The number of ether oxygens (including phenoxy) is 1. The second-order valence-electron chi connectivity index (χ2n) is 8.26. The minimum atomic E-state index is -4.67. The normalized spacial score (nSPS) is 15.4. The molecule has 0 radical (unpaired) electrons. The molecule has 7 nitrogen and oxygen atoms in total. The standard InChI is InChI=1S/C24H19F5N6O/c1-13-10-35(12-31-13)19-6-4-15(8-18(19)26)32-23-30-9-21-22(33-23)34(2)20(11-36-21)16-7-14(25)3-5-17(16)24(27,28)29/h3-10,12,20H,11H2,1-2H3,(H,30,32,33). The maximum absolute atomic E-state index is 14.7. The lowest BCUT2D eigenvalue weighted by Crippen LogP contribution is -2.35. The first kappa shape index (κ1) is 23.5. The second kappa shape index (κ2) is 8.77. The molecule has 12 heteroatoms. The van der Waals surface area contributed by atoms with Crippen molar-refractivity contribution < 1.29 is 26.7 Å². The van der Waals surface area contributed by atoms with Crippen molar-refractivity contribution in [3.8, 4) is 11.4 Å². The maximum Gasteiger partial charge on any atom is 0.416 e. The third kappa shape index (κ3) is 4.41. The highest BCUT2D eigenvalue weighted by Crippen LogP contribution is 2.42. The van der Waals surface area contributed by atoms with Crippen LogP contribution in [-0.2, 0) is 6.18 Å². The van der Waals surface area contributed by atoms with Gasteiger partial charge in [0.05, 0.1) is 35.5 Å². The molecule has 1 unspecified atom stereocenters. The maximum atomic E-state index is 14.7. The van der Waals surface area contributed by atoms with Gasteiger partial charge in [0.15, 0.2) is 11.6 Å². The minimum absolute atomic E-state index is 0.0748. The molecule has 0 saturated carbocycles. The number of hydrogen-bond donors (Lipinski definition) is 1. The van der Waals surface area contributed by atoms with E-state index in [-0.39, 0.29) is 29.7 Å². The average Bonchev–Trinajstić information content (AvgIpc) is 3.25. The van der Waals surface area contributed by atoms with Crippen LogP contribution in [0.2, 0.25) is 0 Å². The molecule has 1 atom stereocenters. The molecule has 0 spiro atoms. The van der Waals surface area contributed by atoms with Crippen LogP contribution in [0.25, 0.3) is 5.69 Å². The van der Waals surface area contributed by atoms with E-state index in [1.54, 1.807) is 29.8 Å². The van der Waals surface area contributed by atoms with E-state index in [1.807, 2.05) is 0 Å². The van der Waals surface area contributed by atoms with Gasteiger partial charge in [-0.1, -0.05) is 0 Å². The van der Waals surface area contributed by atoms with E-state index in [9.17, 15) is 22.0 Å². The molecule has 0 bridgehead atoms. The van der Waals surface area contributed by atoms with Crippen molar-refractivity contribution in [2.45, 2.75) is 19.1 Å². The Morgan fingerprint density at radius 3 is 2.58 bits per heavy atom. The molecule has 3 heterocycles. The fourth-order valence-electron chi connectivity index (χ4n) is 4.05. The molecule has 2 aromatic heterocycles. The summed E-state index contributed by atoms with van der Waals surface area (Å²) in [6.45, 7) is 1.63. The van der Waals surface area contributed by atoms with Crippen molar-refractivity contribution >= 4 is 17.5 Å². The molecular formula is C24H19F5N6O. The van der Waals surface area contributed by atoms with Gasteiger partial charge in [0.2, 0.25) is 5.95 Å². The first-order valence-electron chi connectivity index (χ1n) is 10.8. The van der Waals surface area contributed by atoms with Crippen LogP contribution in [-0.4, -0.2) is 33.2 Å². The van der Waals surface area contributed by atoms with Crippen molar-refractivity contribution in [1.82, 2.24) is 19.5 Å². The van der Waals surface area contributed by atoms with Crippen LogP contribution in [0.1, 0.15) is 22.9 Å².